The minimum absolute atomic E-state index is 0.115. The fourth-order valence-corrected chi connectivity index (χ4v) is 2.34. The van der Waals surface area contributed by atoms with Crippen molar-refractivity contribution < 1.29 is 4.79 Å². The van der Waals surface area contributed by atoms with Crippen molar-refractivity contribution in [2.75, 3.05) is 24.6 Å². The maximum atomic E-state index is 11.8. The lowest BCUT2D eigenvalue weighted by molar-refractivity contribution is 0.0956. The molecule has 6 heteroatoms. The number of carbonyl (C=O) groups is 1. The molecule has 4 N–H and O–H groups in total. The molecule has 1 fully saturated rings. The average Bonchev–Trinajstić information content (AvgIpc) is 2.82. The highest BCUT2D eigenvalue weighted by atomic mass is 32.1. The van der Waals surface area contributed by atoms with Gasteiger partial charge in [0.05, 0.1) is 0 Å². The van der Waals surface area contributed by atoms with E-state index in [9.17, 15) is 4.79 Å². The largest absolute Gasteiger partial charge is 0.382 e. The van der Waals surface area contributed by atoms with Gasteiger partial charge in [0.2, 0.25) is 0 Å². The molecule has 1 aromatic rings. The van der Waals surface area contributed by atoms with E-state index in [0.717, 1.165) is 12.5 Å². The number of nitrogen functional groups attached to an aromatic ring is 1. The molecule has 0 aliphatic heterocycles. The zero-order valence-electron chi connectivity index (χ0n) is 9.41. The fraction of sp³-hybridized carbons (Fsp3) is 0.600. The van der Waals surface area contributed by atoms with Crippen LogP contribution in [0.1, 0.15) is 23.0 Å². The number of hydrogen-bond donors (Lipinski definition) is 3. The SMILES string of the molecule is CNc1nc(N)c(C(=O)NCC2CC2C)s1. The number of amides is 1. The van der Waals surface area contributed by atoms with Crippen molar-refractivity contribution in [3.05, 3.63) is 4.88 Å². The Morgan fingerprint density at radius 1 is 1.69 bits per heavy atom. The Balaban J connectivity index is 1.94. The van der Waals surface area contributed by atoms with Crippen LogP contribution in [0.4, 0.5) is 10.9 Å². The quantitative estimate of drug-likeness (QED) is 0.737. The number of thiazole rings is 1. The molecule has 5 nitrogen and oxygen atoms in total. The van der Waals surface area contributed by atoms with Crippen molar-refractivity contribution in [1.29, 1.82) is 0 Å². The van der Waals surface area contributed by atoms with Gasteiger partial charge in [-0.3, -0.25) is 4.79 Å². The maximum Gasteiger partial charge on any atom is 0.265 e. The lowest BCUT2D eigenvalue weighted by atomic mass is 10.3. The molecule has 0 radical (unpaired) electrons. The van der Waals surface area contributed by atoms with Crippen LogP contribution in [0.15, 0.2) is 0 Å². The number of rotatable bonds is 4. The van der Waals surface area contributed by atoms with Crippen LogP contribution in [0.2, 0.25) is 0 Å². The molecule has 1 heterocycles. The second kappa shape index (κ2) is 4.29. The predicted octanol–water partition coefficient (Wildman–Crippen LogP) is 1.15. The molecule has 0 bridgehead atoms. The third-order valence-corrected chi connectivity index (χ3v) is 3.96. The van der Waals surface area contributed by atoms with E-state index in [1.807, 2.05) is 0 Å². The van der Waals surface area contributed by atoms with Gasteiger partial charge in [-0.25, -0.2) is 4.98 Å². The Morgan fingerprint density at radius 3 is 2.88 bits per heavy atom. The highest BCUT2D eigenvalue weighted by Crippen LogP contribution is 2.36. The summed E-state index contributed by atoms with van der Waals surface area (Å²) in [5.74, 6) is 1.57. The Morgan fingerprint density at radius 2 is 2.38 bits per heavy atom. The summed E-state index contributed by atoms with van der Waals surface area (Å²) in [4.78, 5) is 16.3. The average molecular weight is 240 g/mol. The van der Waals surface area contributed by atoms with Gasteiger partial charge in [-0.1, -0.05) is 18.3 Å². The van der Waals surface area contributed by atoms with E-state index in [4.69, 9.17) is 5.73 Å². The first-order chi connectivity index (χ1) is 7.61. The van der Waals surface area contributed by atoms with Crippen molar-refractivity contribution in [3.63, 3.8) is 0 Å². The molecule has 16 heavy (non-hydrogen) atoms. The zero-order valence-corrected chi connectivity index (χ0v) is 10.2. The normalized spacial score (nSPS) is 22.9. The molecule has 1 aromatic heterocycles. The molecule has 0 spiro atoms. The van der Waals surface area contributed by atoms with E-state index in [1.165, 1.54) is 17.8 Å². The molecule has 1 amide bonds. The standard InChI is InChI=1S/C10H16N4OS/c1-5-3-6(5)4-13-9(15)7-8(11)14-10(12-2)16-7/h5-6H,3-4,11H2,1-2H3,(H,12,14)(H,13,15). The molecule has 1 saturated carbocycles. The van der Waals surface area contributed by atoms with Gasteiger partial charge in [-0.15, -0.1) is 0 Å². The first kappa shape index (κ1) is 11.2. The first-order valence-electron chi connectivity index (χ1n) is 5.34. The Hall–Kier alpha value is -1.30. The second-order valence-corrected chi connectivity index (χ2v) is 5.17. The van der Waals surface area contributed by atoms with Crippen LogP contribution in [0, 0.1) is 11.8 Å². The van der Waals surface area contributed by atoms with Gasteiger partial charge in [0, 0.05) is 13.6 Å². The van der Waals surface area contributed by atoms with Gasteiger partial charge in [-0.05, 0) is 18.3 Å². The van der Waals surface area contributed by atoms with Crippen molar-refractivity contribution in [1.82, 2.24) is 10.3 Å². The van der Waals surface area contributed by atoms with Gasteiger partial charge in [0.25, 0.3) is 5.91 Å². The van der Waals surface area contributed by atoms with E-state index in [0.29, 0.717) is 21.7 Å². The first-order valence-corrected chi connectivity index (χ1v) is 6.15. The molecule has 1 aliphatic rings. The van der Waals surface area contributed by atoms with E-state index >= 15 is 0 Å². The zero-order chi connectivity index (χ0) is 11.7. The van der Waals surface area contributed by atoms with Crippen LogP contribution in [0.5, 0.6) is 0 Å². The molecule has 0 saturated heterocycles. The maximum absolute atomic E-state index is 11.8. The lowest BCUT2D eigenvalue weighted by Gasteiger charge is -2.01. The summed E-state index contributed by atoms with van der Waals surface area (Å²) in [6, 6.07) is 0. The number of aromatic nitrogens is 1. The molecule has 2 unspecified atom stereocenters. The van der Waals surface area contributed by atoms with Crippen LogP contribution in [0.3, 0.4) is 0 Å². The molecular formula is C10H16N4OS. The van der Waals surface area contributed by atoms with E-state index < -0.39 is 0 Å². The second-order valence-electron chi connectivity index (χ2n) is 4.17. The Labute approximate surface area is 98.4 Å². The van der Waals surface area contributed by atoms with Crippen molar-refractivity contribution in [3.8, 4) is 0 Å². The summed E-state index contributed by atoms with van der Waals surface area (Å²) < 4.78 is 0. The third-order valence-electron chi connectivity index (χ3n) is 2.87. The monoisotopic (exact) mass is 240 g/mol. The summed E-state index contributed by atoms with van der Waals surface area (Å²) in [7, 11) is 1.76. The fourth-order valence-electron chi connectivity index (χ4n) is 1.59. The van der Waals surface area contributed by atoms with Gasteiger partial charge in [0.15, 0.2) is 5.13 Å². The van der Waals surface area contributed by atoms with E-state index in [2.05, 4.69) is 22.5 Å². The van der Waals surface area contributed by atoms with E-state index in [1.54, 1.807) is 7.05 Å². The molecule has 0 aromatic carbocycles. The molecule has 1 aliphatic carbocycles. The van der Waals surface area contributed by atoms with Crippen molar-refractivity contribution >= 4 is 28.2 Å². The molecule has 88 valence electrons. The van der Waals surface area contributed by atoms with Gasteiger partial charge >= 0.3 is 0 Å². The van der Waals surface area contributed by atoms with Gasteiger partial charge < -0.3 is 16.4 Å². The van der Waals surface area contributed by atoms with Crippen LogP contribution in [-0.2, 0) is 0 Å². The Kier molecular flexibility index (Phi) is 3.00. The molecule has 2 rings (SSSR count). The summed E-state index contributed by atoms with van der Waals surface area (Å²) in [5.41, 5.74) is 5.67. The summed E-state index contributed by atoms with van der Waals surface area (Å²) in [6.07, 6.45) is 1.21. The molecular weight excluding hydrogens is 224 g/mol. The van der Waals surface area contributed by atoms with Crippen LogP contribution in [0.25, 0.3) is 0 Å². The topological polar surface area (TPSA) is 80.0 Å². The summed E-state index contributed by atoms with van der Waals surface area (Å²) in [6.45, 7) is 2.93. The van der Waals surface area contributed by atoms with Gasteiger partial charge in [0.1, 0.15) is 10.7 Å². The van der Waals surface area contributed by atoms with Crippen molar-refractivity contribution in [2.24, 2.45) is 11.8 Å². The number of nitrogens with two attached hydrogens (primary N) is 1. The summed E-state index contributed by atoms with van der Waals surface area (Å²) in [5, 5.41) is 6.44. The Bertz CT molecular complexity index is 404. The lowest BCUT2D eigenvalue weighted by Crippen LogP contribution is -2.25. The van der Waals surface area contributed by atoms with Gasteiger partial charge in [-0.2, -0.15) is 0 Å². The third kappa shape index (κ3) is 2.27. The molecule has 2 atom stereocenters. The van der Waals surface area contributed by atoms with E-state index in [-0.39, 0.29) is 5.91 Å². The highest BCUT2D eigenvalue weighted by Gasteiger charge is 2.32. The smallest absolute Gasteiger partial charge is 0.265 e. The number of nitrogens with zero attached hydrogens (tertiary/aromatic N) is 1. The van der Waals surface area contributed by atoms with Crippen LogP contribution < -0.4 is 16.4 Å². The predicted molar refractivity (Wildman–Crippen MR) is 65.7 cm³/mol. The number of anilines is 2. The number of carbonyl (C=O) groups excluding carboxylic acids is 1. The highest BCUT2D eigenvalue weighted by molar-refractivity contribution is 7.18. The minimum atomic E-state index is -0.115. The van der Waals surface area contributed by atoms with Crippen LogP contribution in [-0.4, -0.2) is 24.5 Å². The number of hydrogen-bond acceptors (Lipinski definition) is 5. The number of nitrogens with one attached hydrogen (secondary N) is 2. The van der Waals surface area contributed by atoms with Crippen LogP contribution >= 0.6 is 11.3 Å². The summed E-state index contributed by atoms with van der Waals surface area (Å²) >= 11 is 1.28. The minimum Gasteiger partial charge on any atom is -0.382 e. The van der Waals surface area contributed by atoms with Crippen molar-refractivity contribution in [2.45, 2.75) is 13.3 Å².